The van der Waals surface area contributed by atoms with Crippen LogP contribution in [-0.4, -0.2) is 25.3 Å². The summed E-state index contributed by atoms with van der Waals surface area (Å²) in [5.74, 6) is 0. The molecule has 2 nitrogen and oxygen atoms in total. The van der Waals surface area contributed by atoms with Crippen LogP contribution in [0.15, 0.2) is 22.7 Å². The third-order valence-corrected chi connectivity index (χ3v) is 3.94. The first-order valence-corrected chi connectivity index (χ1v) is 6.44. The van der Waals surface area contributed by atoms with Crippen LogP contribution in [0.3, 0.4) is 0 Å². The van der Waals surface area contributed by atoms with Gasteiger partial charge in [0.1, 0.15) is 0 Å². The maximum Gasteiger partial charge on any atom is 0.0504 e. The minimum absolute atomic E-state index is 0.170. The zero-order valence-electron chi connectivity index (χ0n) is 9.83. The number of hydrogen-bond donors (Lipinski definition) is 1. The van der Waals surface area contributed by atoms with Crippen molar-refractivity contribution in [2.45, 2.75) is 19.8 Å². The highest BCUT2D eigenvalue weighted by Crippen LogP contribution is 2.46. The van der Waals surface area contributed by atoms with Gasteiger partial charge in [-0.1, -0.05) is 22.0 Å². The molecule has 0 unspecified atom stereocenters. The first-order valence-electron chi connectivity index (χ1n) is 5.64. The van der Waals surface area contributed by atoms with Gasteiger partial charge in [-0.3, -0.25) is 0 Å². The minimum atomic E-state index is 0.170. The molecule has 88 valence electrons. The first kappa shape index (κ1) is 11.9. The van der Waals surface area contributed by atoms with E-state index in [0.29, 0.717) is 6.61 Å². The van der Waals surface area contributed by atoms with Gasteiger partial charge in [-0.25, -0.2) is 0 Å². The lowest BCUT2D eigenvalue weighted by Gasteiger charge is -2.26. The molecule has 1 fully saturated rings. The Bertz CT molecular complexity index is 388. The van der Waals surface area contributed by atoms with Gasteiger partial charge in [0.15, 0.2) is 0 Å². The summed E-state index contributed by atoms with van der Waals surface area (Å²) >= 11 is 3.50. The van der Waals surface area contributed by atoms with Crippen LogP contribution in [0.1, 0.15) is 18.4 Å². The monoisotopic (exact) mass is 283 g/mol. The van der Waals surface area contributed by atoms with E-state index in [-0.39, 0.29) is 5.41 Å². The number of aliphatic hydroxyl groups excluding tert-OH is 1. The van der Waals surface area contributed by atoms with E-state index in [2.05, 4.69) is 53.0 Å². The van der Waals surface area contributed by atoms with Crippen molar-refractivity contribution in [2.75, 3.05) is 25.1 Å². The van der Waals surface area contributed by atoms with E-state index in [1.54, 1.807) is 0 Å². The summed E-state index contributed by atoms with van der Waals surface area (Å²) in [5.41, 5.74) is 2.69. The Hall–Kier alpha value is -0.540. The molecule has 0 amide bonds. The molecule has 1 saturated carbocycles. The summed E-state index contributed by atoms with van der Waals surface area (Å²) in [5, 5.41) is 9.34. The van der Waals surface area contributed by atoms with Crippen molar-refractivity contribution < 1.29 is 5.11 Å². The lowest BCUT2D eigenvalue weighted by molar-refractivity contribution is 0.215. The zero-order chi connectivity index (χ0) is 11.8. The van der Waals surface area contributed by atoms with Crippen molar-refractivity contribution in [3.63, 3.8) is 0 Å². The van der Waals surface area contributed by atoms with E-state index < -0.39 is 0 Å². The van der Waals surface area contributed by atoms with Crippen LogP contribution >= 0.6 is 15.9 Å². The number of rotatable bonds is 4. The average Bonchev–Trinajstić information content (AvgIpc) is 3.02. The van der Waals surface area contributed by atoms with Gasteiger partial charge in [-0.05, 0) is 37.5 Å². The van der Waals surface area contributed by atoms with Gasteiger partial charge in [-0.2, -0.15) is 0 Å². The number of halogens is 1. The molecule has 0 radical (unpaired) electrons. The Morgan fingerprint density at radius 1 is 1.44 bits per heavy atom. The van der Waals surface area contributed by atoms with E-state index in [9.17, 15) is 5.11 Å². The van der Waals surface area contributed by atoms with E-state index >= 15 is 0 Å². The molecule has 16 heavy (non-hydrogen) atoms. The highest BCUT2D eigenvalue weighted by Gasteiger charge is 2.42. The molecule has 1 aromatic rings. The Labute approximate surface area is 105 Å². The van der Waals surface area contributed by atoms with Crippen molar-refractivity contribution in [1.29, 1.82) is 0 Å². The van der Waals surface area contributed by atoms with Crippen LogP contribution in [0.2, 0.25) is 0 Å². The molecule has 0 aliphatic heterocycles. The van der Waals surface area contributed by atoms with Gasteiger partial charge < -0.3 is 10.0 Å². The molecule has 0 spiro atoms. The lowest BCUT2D eigenvalue weighted by Crippen LogP contribution is -2.29. The van der Waals surface area contributed by atoms with E-state index in [1.165, 1.54) is 11.3 Å². The summed E-state index contributed by atoms with van der Waals surface area (Å²) in [6.45, 7) is 3.38. The summed E-state index contributed by atoms with van der Waals surface area (Å²) in [4.78, 5) is 2.25. The van der Waals surface area contributed by atoms with E-state index in [0.717, 1.165) is 23.9 Å². The van der Waals surface area contributed by atoms with Crippen molar-refractivity contribution >= 4 is 21.6 Å². The molecule has 0 saturated heterocycles. The normalized spacial score (nSPS) is 17.2. The first-order chi connectivity index (χ1) is 7.56. The molecular formula is C13H18BrNO. The maximum absolute atomic E-state index is 9.34. The molecule has 2 rings (SSSR count). The van der Waals surface area contributed by atoms with Crippen LogP contribution in [0.25, 0.3) is 0 Å². The van der Waals surface area contributed by atoms with Crippen LogP contribution in [0.4, 0.5) is 5.69 Å². The van der Waals surface area contributed by atoms with E-state index in [1.807, 2.05) is 0 Å². The Morgan fingerprint density at radius 3 is 2.69 bits per heavy atom. The number of aliphatic hydroxyl groups is 1. The van der Waals surface area contributed by atoms with Crippen LogP contribution in [0, 0.1) is 12.3 Å². The lowest BCUT2D eigenvalue weighted by atomic mass is 10.1. The molecule has 0 bridgehead atoms. The summed E-state index contributed by atoms with van der Waals surface area (Å²) in [6, 6.07) is 6.32. The molecule has 0 heterocycles. The van der Waals surface area contributed by atoms with Gasteiger partial charge in [0.2, 0.25) is 0 Å². The fraction of sp³-hybridized carbons (Fsp3) is 0.538. The molecule has 1 aliphatic rings. The second-order valence-electron chi connectivity index (χ2n) is 4.94. The van der Waals surface area contributed by atoms with Gasteiger partial charge in [0.25, 0.3) is 0 Å². The van der Waals surface area contributed by atoms with Crippen LogP contribution < -0.4 is 4.90 Å². The molecule has 0 aromatic heterocycles. The number of anilines is 1. The average molecular weight is 284 g/mol. The van der Waals surface area contributed by atoms with Crippen molar-refractivity contribution in [3.8, 4) is 0 Å². The third-order valence-electron chi connectivity index (χ3n) is 3.45. The number of benzene rings is 1. The predicted octanol–water partition coefficient (Wildman–Crippen LogP) is 2.97. The number of nitrogens with zero attached hydrogens (tertiary/aromatic N) is 1. The zero-order valence-corrected chi connectivity index (χ0v) is 11.4. The van der Waals surface area contributed by atoms with Crippen LogP contribution in [0.5, 0.6) is 0 Å². The molecule has 1 aromatic carbocycles. The Morgan fingerprint density at radius 2 is 2.12 bits per heavy atom. The van der Waals surface area contributed by atoms with Gasteiger partial charge in [0, 0.05) is 29.2 Å². The van der Waals surface area contributed by atoms with Crippen molar-refractivity contribution in [2.24, 2.45) is 5.41 Å². The second kappa shape index (κ2) is 4.38. The number of hydrogen-bond acceptors (Lipinski definition) is 2. The molecular weight excluding hydrogens is 266 g/mol. The van der Waals surface area contributed by atoms with Gasteiger partial charge in [-0.15, -0.1) is 0 Å². The van der Waals surface area contributed by atoms with Gasteiger partial charge in [0.05, 0.1) is 6.61 Å². The highest BCUT2D eigenvalue weighted by atomic mass is 79.9. The fourth-order valence-corrected chi connectivity index (χ4v) is 2.47. The maximum atomic E-state index is 9.34. The quantitative estimate of drug-likeness (QED) is 0.919. The van der Waals surface area contributed by atoms with Crippen molar-refractivity contribution in [3.05, 3.63) is 28.2 Å². The highest BCUT2D eigenvalue weighted by molar-refractivity contribution is 9.10. The van der Waals surface area contributed by atoms with Crippen molar-refractivity contribution in [1.82, 2.24) is 0 Å². The van der Waals surface area contributed by atoms with Gasteiger partial charge >= 0.3 is 0 Å². The summed E-state index contributed by atoms with van der Waals surface area (Å²) in [6.07, 6.45) is 2.31. The third kappa shape index (κ3) is 2.41. The second-order valence-corrected chi connectivity index (χ2v) is 5.86. The summed E-state index contributed by atoms with van der Waals surface area (Å²) < 4.78 is 1.11. The topological polar surface area (TPSA) is 23.5 Å². The number of aryl methyl sites for hydroxylation is 1. The molecule has 0 atom stereocenters. The van der Waals surface area contributed by atoms with E-state index in [4.69, 9.17) is 0 Å². The largest absolute Gasteiger partial charge is 0.396 e. The summed E-state index contributed by atoms with van der Waals surface area (Å²) in [7, 11) is 2.10. The molecule has 1 N–H and O–H groups in total. The smallest absolute Gasteiger partial charge is 0.0504 e. The molecule has 1 aliphatic carbocycles. The predicted molar refractivity (Wildman–Crippen MR) is 70.9 cm³/mol. The fourth-order valence-electron chi connectivity index (χ4n) is 2.13. The standard InChI is InChI=1S/C13H18BrNO/c1-10-3-4-11(14)7-12(10)15(2)8-13(9-16)5-6-13/h3-4,7,16H,5-6,8-9H2,1-2H3. The SMILES string of the molecule is Cc1ccc(Br)cc1N(C)CC1(CO)CC1. The van der Waals surface area contributed by atoms with Crippen LogP contribution in [-0.2, 0) is 0 Å². The Kier molecular flexibility index (Phi) is 3.27. The minimum Gasteiger partial charge on any atom is -0.396 e. The Balaban J connectivity index is 2.14. The molecule has 3 heteroatoms.